The molecule has 0 bridgehead atoms. The maximum absolute atomic E-state index is 5.70. The number of nitrogens with two attached hydrogens (primary N) is 1. The number of rotatable bonds is 4. The second-order valence-electron chi connectivity index (χ2n) is 4.29. The number of para-hydroxylation sites is 1. The smallest absolute Gasteiger partial charge is 0.229 e. The summed E-state index contributed by atoms with van der Waals surface area (Å²) >= 11 is 0. The van der Waals surface area contributed by atoms with Crippen LogP contribution < -0.4 is 15.4 Å². The maximum atomic E-state index is 5.70. The summed E-state index contributed by atoms with van der Waals surface area (Å²) < 4.78 is 5.31. The fourth-order valence-corrected chi connectivity index (χ4v) is 1.72. The van der Waals surface area contributed by atoms with Gasteiger partial charge in [-0.3, -0.25) is 0 Å². The molecule has 0 aliphatic heterocycles. The summed E-state index contributed by atoms with van der Waals surface area (Å²) in [7, 11) is 5.37. The van der Waals surface area contributed by atoms with Gasteiger partial charge in [-0.1, -0.05) is 18.2 Å². The highest BCUT2D eigenvalue weighted by atomic mass is 16.5. The molecule has 6 heteroatoms. The quantitative estimate of drug-likeness (QED) is 0.886. The molecule has 100 valence electrons. The van der Waals surface area contributed by atoms with Crippen LogP contribution in [-0.2, 0) is 6.42 Å². The van der Waals surface area contributed by atoms with Gasteiger partial charge in [-0.05, 0) is 6.07 Å². The highest BCUT2D eigenvalue weighted by Gasteiger charge is 2.09. The monoisotopic (exact) mass is 259 g/mol. The molecule has 2 N–H and O–H groups in total. The predicted molar refractivity (Wildman–Crippen MR) is 74.4 cm³/mol. The van der Waals surface area contributed by atoms with Crippen LogP contribution in [0.5, 0.6) is 5.75 Å². The number of benzene rings is 1. The van der Waals surface area contributed by atoms with Crippen molar-refractivity contribution >= 4 is 11.9 Å². The third-order valence-corrected chi connectivity index (χ3v) is 2.63. The van der Waals surface area contributed by atoms with Gasteiger partial charge < -0.3 is 15.4 Å². The first-order chi connectivity index (χ1) is 9.10. The lowest BCUT2D eigenvalue weighted by molar-refractivity contribution is 0.410. The molecule has 1 aromatic carbocycles. The van der Waals surface area contributed by atoms with Crippen LogP contribution in [0, 0.1) is 0 Å². The maximum Gasteiger partial charge on any atom is 0.229 e. The van der Waals surface area contributed by atoms with Crippen LogP contribution in [0.15, 0.2) is 24.3 Å². The lowest BCUT2D eigenvalue weighted by Crippen LogP contribution is -2.16. The molecule has 6 nitrogen and oxygen atoms in total. The Hall–Kier alpha value is -2.37. The SMILES string of the molecule is COc1ccccc1Cc1nc(N)nc(N(C)C)n1. The highest BCUT2D eigenvalue weighted by Crippen LogP contribution is 2.20. The first-order valence-corrected chi connectivity index (χ1v) is 5.90. The van der Waals surface area contributed by atoms with Gasteiger partial charge in [0.25, 0.3) is 0 Å². The van der Waals surface area contributed by atoms with Crippen molar-refractivity contribution < 1.29 is 4.74 Å². The Morgan fingerprint density at radius 2 is 1.89 bits per heavy atom. The minimum absolute atomic E-state index is 0.226. The first-order valence-electron chi connectivity index (χ1n) is 5.90. The van der Waals surface area contributed by atoms with E-state index < -0.39 is 0 Å². The van der Waals surface area contributed by atoms with E-state index in [0.717, 1.165) is 11.3 Å². The summed E-state index contributed by atoms with van der Waals surface area (Å²) in [6.45, 7) is 0. The molecule has 0 amide bonds. The molecule has 2 rings (SSSR count). The number of nitrogen functional groups attached to an aromatic ring is 1. The van der Waals surface area contributed by atoms with Crippen LogP contribution in [0.25, 0.3) is 0 Å². The Labute approximate surface area is 112 Å². The molecule has 0 saturated carbocycles. The summed E-state index contributed by atoms with van der Waals surface area (Å²) in [5.41, 5.74) is 6.72. The zero-order valence-electron chi connectivity index (χ0n) is 11.3. The van der Waals surface area contributed by atoms with Crippen LogP contribution in [0.4, 0.5) is 11.9 Å². The summed E-state index contributed by atoms with van der Waals surface area (Å²) in [4.78, 5) is 14.4. The van der Waals surface area contributed by atoms with Crippen LogP contribution in [0.1, 0.15) is 11.4 Å². The number of aromatic nitrogens is 3. The van der Waals surface area contributed by atoms with Crippen LogP contribution in [-0.4, -0.2) is 36.2 Å². The van der Waals surface area contributed by atoms with Gasteiger partial charge in [0, 0.05) is 26.1 Å². The molecule has 0 unspecified atom stereocenters. The number of methoxy groups -OCH3 is 1. The van der Waals surface area contributed by atoms with Gasteiger partial charge in [0.05, 0.1) is 7.11 Å². The lowest BCUT2D eigenvalue weighted by Gasteiger charge is -2.12. The van der Waals surface area contributed by atoms with Crippen molar-refractivity contribution in [2.75, 3.05) is 31.8 Å². The van der Waals surface area contributed by atoms with Crippen LogP contribution in [0.2, 0.25) is 0 Å². The van der Waals surface area contributed by atoms with Crippen molar-refractivity contribution in [3.8, 4) is 5.75 Å². The van der Waals surface area contributed by atoms with E-state index in [1.54, 1.807) is 12.0 Å². The molecule has 0 aliphatic rings. The van der Waals surface area contributed by atoms with E-state index in [-0.39, 0.29) is 5.95 Å². The number of anilines is 2. The molecule has 2 aromatic rings. The third-order valence-electron chi connectivity index (χ3n) is 2.63. The van der Waals surface area contributed by atoms with Gasteiger partial charge >= 0.3 is 0 Å². The van der Waals surface area contributed by atoms with Crippen molar-refractivity contribution in [1.29, 1.82) is 0 Å². The summed E-state index contributed by atoms with van der Waals surface area (Å²) in [5, 5.41) is 0. The van der Waals surface area contributed by atoms with Gasteiger partial charge in [-0.15, -0.1) is 0 Å². The van der Waals surface area contributed by atoms with Gasteiger partial charge in [0.1, 0.15) is 11.6 Å². The largest absolute Gasteiger partial charge is 0.496 e. The molecule has 0 spiro atoms. The summed E-state index contributed by atoms with van der Waals surface area (Å²) in [5.74, 6) is 2.22. The molecule has 0 aliphatic carbocycles. The minimum atomic E-state index is 0.226. The Kier molecular flexibility index (Phi) is 3.79. The first kappa shape index (κ1) is 13.1. The normalized spacial score (nSPS) is 10.3. The number of hydrogen-bond acceptors (Lipinski definition) is 6. The lowest BCUT2D eigenvalue weighted by atomic mass is 10.1. The zero-order valence-corrected chi connectivity index (χ0v) is 11.3. The summed E-state index contributed by atoms with van der Waals surface area (Å²) in [6, 6.07) is 7.77. The van der Waals surface area contributed by atoms with Crippen molar-refractivity contribution in [1.82, 2.24) is 15.0 Å². The number of hydrogen-bond donors (Lipinski definition) is 1. The molecule has 0 radical (unpaired) electrons. The molecule has 1 aromatic heterocycles. The fourth-order valence-electron chi connectivity index (χ4n) is 1.72. The highest BCUT2D eigenvalue weighted by molar-refractivity contribution is 5.38. The predicted octanol–water partition coefficient (Wildman–Crippen LogP) is 1.12. The third kappa shape index (κ3) is 3.09. The van der Waals surface area contributed by atoms with Gasteiger partial charge in [-0.25, -0.2) is 0 Å². The van der Waals surface area contributed by atoms with Gasteiger partial charge in [-0.2, -0.15) is 15.0 Å². The molecular formula is C13H17N5O. The van der Waals surface area contributed by atoms with Gasteiger partial charge in [0.15, 0.2) is 0 Å². The number of ether oxygens (including phenoxy) is 1. The minimum Gasteiger partial charge on any atom is -0.496 e. The molecule has 19 heavy (non-hydrogen) atoms. The Morgan fingerprint density at radius 3 is 2.58 bits per heavy atom. The average Bonchev–Trinajstić information content (AvgIpc) is 2.38. The van der Waals surface area contributed by atoms with E-state index in [1.165, 1.54) is 0 Å². The van der Waals surface area contributed by atoms with E-state index >= 15 is 0 Å². The Bertz CT molecular complexity index is 571. The average molecular weight is 259 g/mol. The molecule has 0 fully saturated rings. The van der Waals surface area contributed by atoms with Crippen molar-refractivity contribution in [2.24, 2.45) is 0 Å². The Balaban J connectivity index is 2.32. The molecule has 1 heterocycles. The Morgan fingerprint density at radius 1 is 1.16 bits per heavy atom. The molecule has 0 saturated heterocycles. The van der Waals surface area contributed by atoms with Crippen LogP contribution in [0.3, 0.4) is 0 Å². The summed E-state index contributed by atoms with van der Waals surface area (Å²) in [6.07, 6.45) is 0.553. The van der Waals surface area contributed by atoms with E-state index in [0.29, 0.717) is 18.2 Å². The van der Waals surface area contributed by atoms with E-state index in [1.807, 2.05) is 38.4 Å². The van der Waals surface area contributed by atoms with Crippen molar-refractivity contribution in [3.63, 3.8) is 0 Å². The standard InChI is InChI=1S/C13H17N5O/c1-18(2)13-16-11(15-12(14)17-13)8-9-6-4-5-7-10(9)19-3/h4-7H,8H2,1-3H3,(H2,14,15,16,17). The van der Waals surface area contributed by atoms with E-state index in [2.05, 4.69) is 15.0 Å². The second kappa shape index (κ2) is 5.51. The fraction of sp³-hybridized carbons (Fsp3) is 0.308. The molecule has 0 atom stereocenters. The van der Waals surface area contributed by atoms with Crippen molar-refractivity contribution in [3.05, 3.63) is 35.7 Å². The topological polar surface area (TPSA) is 77.2 Å². The second-order valence-corrected chi connectivity index (χ2v) is 4.29. The van der Waals surface area contributed by atoms with Crippen LogP contribution >= 0.6 is 0 Å². The van der Waals surface area contributed by atoms with E-state index in [4.69, 9.17) is 10.5 Å². The zero-order chi connectivity index (χ0) is 13.8. The molecular weight excluding hydrogens is 242 g/mol. The van der Waals surface area contributed by atoms with E-state index in [9.17, 15) is 0 Å². The van der Waals surface area contributed by atoms with Crippen molar-refractivity contribution in [2.45, 2.75) is 6.42 Å². The number of nitrogens with zero attached hydrogens (tertiary/aromatic N) is 4. The van der Waals surface area contributed by atoms with Gasteiger partial charge in [0.2, 0.25) is 11.9 Å².